The van der Waals surface area contributed by atoms with Crippen LogP contribution in [0.3, 0.4) is 0 Å². The zero-order valence-electron chi connectivity index (χ0n) is 11.6. The van der Waals surface area contributed by atoms with Crippen molar-refractivity contribution in [2.75, 3.05) is 0 Å². The van der Waals surface area contributed by atoms with Crippen molar-refractivity contribution in [3.63, 3.8) is 0 Å². The largest absolute Gasteiger partial charge is 0.322 e. The molecule has 0 spiro atoms. The van der Waals surface area contributed by atoms with Crippen molar-refractivity contribution in [3.05, 3.63) is 59.2 Å². The summed E-state index contributed by atoms with van der Waals surface area (Å²) >= 11 is 6.05. The Hall–Kier alpha value is -1.87. The lowest BCUT2D eigenvalue weighted by Gasteiger charge is -2.10. The molecule has 102 valence electrons. The highest BCUT2D eigenvalue weighted by Gasteiger charge is 2.11. The van der Waals surface area contributed by atoms with Gasteiger partial charge in [0, 0.05) is 18.9 Å². The summed E-state index contributed by atoms with van der Waals surface area (Å²) in [4.78, 5) is 8.77. The fourth-order valence-corrected chi connectivity index (χ4v) is 2.62. The van der Waals surface area contributed by atoms with Crippen LogP contribution in [-0.2, 0) is 12.4 Å². The molecule has 0 N–H and O–H groups in total. The normalized spacial score (nSPS) is 11.2. The van der Waals surface area contributed by atoms with Gasteiger partial charge >= 0.3 is 0 Å². The van der Waals surface area contributed by atoms with Crippen molar-refractivity contribution < 1.29 is 0 Å². The van der Waals surface area contributed by atoms with Gasteiger partial charge in [-0.25, -0.2) is 4.98 Å². The molecule has 0 fully saturated rings. The maximum atomic E-state index is 6.05. The average Bonchev–Trinajstić information content (AvgIpc) is 2.78. The molecule has 3 nitrogen and oxygen atoms in total. The SMILES string of the molecule is Cc1ccc2c(c1)nc(CCl)n2Cc1ccncc1C. The molecule has 0 aliphatic rings. The number of rotatable bonds is 3. The standard InChI is InChI=1S/C16H16ClN3/c1-11-3-4-15-14(7-11)19-16(8-17)20(15)10-13-5-6-18-9-12(13)2/h3-7,9H,8,10H2,1-2H3. The Labute approximate surface area is 123 Å². The third-order valence-corrected chi connectivity index (χ3v) is 3.81. The van der Waals surface area contributed by atoms with E-state index in [1.165, 1.54) is 16.7 Å². The van der Waals surface area contributed by atoms with Gasteiger partial charge in [-0.3, -0.25) is 4.98 Å². The van der Waals surface area contributed by atoms with E-state index >= 15 is 0 Å². The number of benzene rings is 1. The summed E-state index contributed by atoms with van der Waals surface area (Å²) in [6, 6.07) is 8.37. The first-order chi connectivity index (χ1) is 9.69. The third-order valence-electron chi connectivity index (χ3n) is 3.57. The molecule has 0 amide bonds. The van der Waals surface area contributed by atoms with E-state index < -0.39 is 0 Å². The van der Waals surface area contributed by atoms with Crippen molar-refractivity contribution in [1.29, 1.82) is 0 Å². The predicted molar refractivity (Wildman–Crippen MR) is 82.1 cm³/mol. The third kappa shape index (κ3) is 2.29. The second-order valence-corrected chi connectivity index (χ2v) is 5.31. The minimum absolute atomic E-state index is 0.415. The number of halogens is 1. The van der Waals surface area contributed by atoms with E-state index in [1.54, 1.807) is 0 Å². The smallest absolute Gasteiger partial charge is 0.125 e. The Morgan fingerprint density at radius 2 is 2.05 bits per heavy atom. The quantitative estimate of drug-likeness (QED) is 0.685. The number of nitrogens with zero attached hydrogens (tertiary/aromatic N) is 3. The van der Waals surface area contributed by atoms with E-state index in [9.17, 15) is 0 Å². The van der Waals surface area contributed by atoms with Gasteiger partial charge in [-0.05, 0) is 48.7 Å². The summed E-state index contributed by atoms with van der Waals surface area (Å²) in [5.41, 5.74) is 5.77. The van der Waals surface area contributed by atoms with Gasteiger partial charge in [0.25, 0.3) is 0 Å². The minimum Gasteiger partial charge on any atom is -0.322 e. The molecule has 0 aliphatic carbocycles. The molecule has 0 aliphatic heterocycles. The van der Waals surface area contributed by atoms with Gasteiger partial charge in [0.15, 0.2) is 0 Å². The van der Waals surface area contributed by atoms with Gasteiger partial charge in [0.2, 0.25) is 0 Å². The molecule has 4 heteroatoms. The molecule has 0 atom stereocenters. The molecule has 0 radical (unpaired) electrons. The average molecular weight is 286 g/mol. The van der Waals surface area contributed by atoms with Crippen LogP contribution in [0.5, 0.6) is 0 Å². The van der Waals surface area contributed by atoms with E-state index in [0.717, 1.165) is 23.4 Å². The Bertz CT molecular complexity index is 762. The van der Waals surface area contributed by atoms with Crippen molar-refractivity contribution in [1.82, 2.24) is 14.5 Å². The maximum Gasteiger partial charge on any atom is 0.125 e. The number of fused-ring (bicyclic) bond motifs is 1. The van der Waals surface area contributed by atoms with Crippen molar-refractivity contribution >= 4 is 22.6 Å². The monoisotopic (exact) mass is 285 g/mol. The predicted octanol–water partition coefficient (Wildman–Crippen LogP) is 3.84. The fraction of sp³-hybridized carbons (Fsp3) is 0.250. The van der Waals surface area contributed by atoms with E-state index in [1.807, 2.05) is 18.5 Å². The minimum atomic E-state index is 0.415. The van der Waals surface area contributed by atoms with Gasteiger partial charge in [-0.2, -0.15) is 0 Å². The van der Waals surface area contributed by atoms with Crippen LogP contribution in [0.15, 0.2) is 36.7 Å². The summed E-state index contributed by atoms with van der Waals surface area (Å²) in [6.45, 7) is 4.92. The zero-order chi connectivity index (χ0) is 14.1. The molecule has 0 unspecified atom stereocenters. The second-order valence-electron chi connectivity index (χ2n) is 5.04. The van der Waals surface area contributed by atoms with Gasteiger partial charge in [0.1, 0.15) is 5.82 Å². The van der Waals surface area contributed by atoms with Crippen LogP contribution < -0.4 is 0 Å². The van der Waals surface area contributed by atoms with Gasteiger partial charge in [-0.15, -0.1) is 11.6 Å². The highest BCUT2D eigenvalue weighted by atomic mass is 35.5. The number of hydrogen-bond donors (Lipinski definition) is 0. The van der Waals surface area contributed by atoms with E-state index in [4.69, 9.17) is 11.6 Å². The van der Waals surface area contributed by atoms with Crippen LogP contribution in [0.2, 0.25) is 0 Å². The highest BCUT2D eigenvalue weighted by molar-refractivity contribution is 6.16. The first kappa shape index (κ1) is 13.1. The van der Waals surface area contributed by atoms with Gasteiger partial charge in [0.05, 0.1) is 16.9 Å². The zero-order valence-corrected chi connectivity index (χ0v) is 12.4. The molecule has 3 rings (SSSR count). The second kappa shape index (κ2) is 5.25. The Morgan fingerprint density at radius 1 is 1.20 bits per heavy atom. The van der Waals surface area contributed by atoms with Crippen LogP contribution in [0.1, 0.15) is 22.5 Å². The molecule has 3 aromatic rings. The van der Waals surface area contributed by atoms with Crippen molar-refractivity contribution in [3.8, 4) is 0 Å². The van der Waals surface area contributed by atoms with Crippen molar-refractivity contribution in [2.45, 2.75) is 26.3 Å². The van der Waals surface area contributed by atoms with Gasteiger partial charge < -0.3 is 4.57 Å². The van der Waals surface area contributed by atoms with E-state index in [0.29, 0.717) is 5.88 Å². The summed E-state index contributed by atoms with van der Waals surface area (Å²) < 4.78 is 2.18. The van der Waals surface area contributed by atoms with Crippen LogP contribution in [0.4, 0.5) is 0 Å². The highest BCUT2D eigenvalue weighted by Crippen LogP contribution is 2.21. The fourth-order valence-electron chi connectivity index (χ4n) is 2.42. The van der Waals surface area contributed by atoms with Crippen molar-refractivity contribution in [2.24, 2.45) is 0 Å². The van der Waals surface area contributed by atoms with Crippen LogP contribution in [-0.4, -0.2) is 14.5 Å². The molecular weight excluding hydrogens is 270 g/mol. The number of alkyl halides is 1. The Kier molecular flexibility index (Phi) is 3.45. The number of imidazole rings is 1. The lowest BCUT2D eigenvalue weighted by Crippen LogP contribution is -2.05. The molecule has 0 bridgehead atoms. The molecular formula is C16H16ClN3. The topological polar surface area (TPSA) is 30.7 Å². The van der Waals surface area contributed by atoms with Gasteiger partial charge in [-0.1, -0.05) is 6.07 Å². The molecule has 1 aromatic carbocycles. The lowest BCUT2D eigenvalue weighted by atomic mass is 10.1. The molecule has 20 heavy (non-hydrogen) atoms. The summed E-state index contributed by atoms with van der Waals surface area (Å²) in [6.07, 6.45) is 3.71. The van der Waals surface area contributed by atoms with E-state index in [-0.39, 0.29) is 0 Å². The number of aryl methyl sites for hydroxylation is 2. The molecule has 0 saturated heterocycles. The lowest BCUT2D eigenvalue weighted by molar-refractivity contribution is 0.772. The first-order valence-electron chi connectivity index (χ1n) is 6.60. The van der Waals surface area contributed by atoms with E-state index in [2.05, 4.69) is 46.6 Å². The number of pyridine rings is 1. The summed E-state index contributed by atoms with van der Waals surface area (Å²) in [5.74, 6) is 1.32. The Morgan fingerprint density at radius 3 is 2.80 bits per heavy atom. The summed E-state index contributed by atoms with van der Waals surface area (Å²) in [7, 11) is 0. The maximum absolute atomic E-state index is 6.05. The Balaban J connectivity index is 2.12. The van der Waals surface area contributed by atoms with Crippen LogP contribution >= 0.6 is 11.6 Å². The molecule has 2 heterocycles. The molecule has 0 saturated carbocycles. The number of aromatic nitrogens is 3. The van der Waals surface area contributed by atoms with Crippen LogP contribution in [0, 0.1) is 13.8 Å². The molecule has 2 aromatic heterocycles. The van der Waals surface area contributed by atoms with Crippen LogP contribution in [0.25, 0.3) is 11.0 Å². The summed E-state index contributed by atoms with van der Waals surface area (Å²) in [5, 5.41) is 0. The first-order valence-corrected chi connectivity index (χ1v) is 7.13. The number of hydrogen-bond acceptors (Lipinski definition) is 2.